The Morgan fingerprint density at radius 1 is 1.32 bits per heavy atom. The van der Waals surface area contributed by atoms with Crippen molar-refractivity contribution in [1.29, 1.82) is 0 Å². The van der Waals surface area contributed by atoms with Crippen LogP contribution in [0, 0.1) is 0 Å². The molecule has 148 valence electrons. The molecule has 7 nitrogen and oxygen atoms in total. The van der Waals surface area contributed by atoms with E-state index in [1.54, 1.807) is 24.6 Å². The SMILES string of the molecule is CCOc1cc(-c2nccs2)c(NC(=O)Nc2cc(C(F)(F)F)no2)cc1Cl. The molecule has 2 N–H and O–H groups in total. The van der Waals surface area contributed by atoms with E-state index in [0.29, 0.717) is 29.0 Å². The number of ether oxygens (including phenoxy) is 1. The largest absolute Gasteiger partial charge is 0.492 e. The first-order chi connectivity index (χ1) is 13.3. The molecule has 0 fully saturated rings. The van der Waals surface area contributed by atoms with Gasteiger partial charge >= 0.3 is 12.2 Å². The molecule has 2 amide bonds. The van der Waals surface area contributed by atoms with Gasteiger partial charge in [-0.1, -0.05) is 16.8 Å². The summed E-state index contributed by atoms with van der Waals surface area (Å²) in [6.45, 7) is 2.18. The highest BCUT2D eigenvalue weighted by Crippen LogP contribution is 2.38. The summed E-state index contributed by atoms with van der Waals surface area (Å²) >= 11 is 7.50. The monoisotopic (exact) mass is 432 g/mol. The smallest absolute Gasteiger partial charge is 0.436 e. The first kappa shape index (κ1) is 20.0. The lowest BCUT2D eigenvalue weighted by atomic mass is 10.1. The highest BCUT2D eigenvalue weighted by Gasteiger charge is 2.35. The summed E-state index contributed by atoms with van der Waals surface area (Å²) in [7, 11) is 0. The molecule has 12 heteroatoms. The van der Waals surface area contributed by atoms with Gasteiger partial charge in [-0.3, -0.25) is 5.32 Å². The number of nitrogens with zero attached hydrogens (tertiary/aromatic N) is 2. The minimum absolute atomic E-state index is 0.247. The van der Waals surface area contributed by atoms with Crippen LogP contribution in [0.25, 0.3) is 10.6 Å². The van der Waals surface area contributed by atoms with E-state index in [-0.39, 0.29) is 10.7 Å². The molecule has 2 heterocycles. The van der Waals surface area contributed by atoms with Crippen LogP contribution in [-0.4, -0.2) is 22.8 Å². The summed E-state index contributed by atoms with van der Waals surface area (Å²) in [5.74, 6) is -0.0527. The van der Waals surface area contributed by atoms with E-state index in [9.17, 15) is 18.0 Å². The van der Waals surface area contributed by atoms with Gasteiger partial charge < -0.3 is 14.6 Å². The quantitative estimate of drug-likeness (QED) is 0.554. The Morgan fingerprint density at radius 3 is 2.71 bits per heavy atom. The van der Waals surface area contributed by atoms with Crippen molar-refractivity contribution in [2.45, 2.75) is 13.1 Å². The lowest BCUT2D eigenvalue weighted by Gasteiger charge is -2.13. The molecular weight excluding hydrogens is 421 g/mol. The van der Waals surface area contributed by atoms with Gasteiger partial charge in [0.15, 0.2) is 5.69 Å². The number of halogens is 4. The molecule has 0 aliphatic heterocycles. The maximum atomic E-state index is 12.6. The van der Waals surface area contributed by atoms with Gasteiger partial charge in [0.1, 0.15) is 10.8 Å². The zero-order valence-electron chi connectivity index (χ0n) is 14.1. The normalized spacial score (nSPS) is 11.3. The third kappa shape index (κ3) is 4.54. The summed E-state index contributed by atoms with van der Waals surface area (Å²) in [5, 5.41) is 10.1. The van der Waals surface area contributed by atoms with E-state index in [1.165, 1.54) is 17.4 Å². The van der Waals surface area contributed by atoms with Crippen LogP contribution in [0.1, 0.15) is 12.6 Å². The Kier molecular flexibility index (Phi) is 5.75. The van der Waals surface area contributed by atoms with E-state index < -0.39 is 23.8 Å². The van der Waals surface area contributed by atoms with Crippen LogP contribution in [0.3, 0.4) is 0 Å². The molecule has 3 aromatic rings. The van der Waals surface area contributed by atoms with Gasteiger partial charge in [0.2, 0.25) is 5.88 Å². The van der Waals surface area contributed by atoms with Crippen LogP contribution in [0.4, 0.5) is 29.5 Å². The fourth-order valence-electron chi connectivity index (χ4n) is 2.19. The number of alkyl halides is 3. The molecule has 0 spiro atoms. The van der Waals surface area contributed by atoms with Gasteiger partial charge in [0.25, 0.3) is 0 Å². The number of benzene rings is 1. The molecule has 0 unspecified atom stereocenters. The predicted molar refractivity (Wildman–Crippen MR) is 97.9 cm³/mol. The number of hydrogen-bond donors (Lipinski definition) is 2. The highest BCUT2D eigenvalue weighted by molar-refractivity contribution is 7.13. The minimum Gasteiger partial charge on any atom is -0.492 e. The summed E-state index contributed by atoms with van der Waals surface area (Å²) < 4.78 is 47.6. The Labute approximate surface area is 165 Å². The fraction of sp³-hybridized carbons (Fsp3) is 0.188. The second-order valence-corrected chi connectivity index (χ2v) is 6.55. The van der Waals surface area contributed by atoms with E-state index >= 15 is 0 Å². The van der Waals surface area contributed by atoms with Crippen molar-refractivity contribution >= 4 is 40.5 Å². The van der Waals surface area contributed by atoms with Gasteiger partial charge in [0.05, 0.1) is 17.3 Å². The number of nitrogens with one attached hydrogen (secondary N) is 2. The first-order valence-electron chi connectivity index (χ1n) is 7.76. The Hall–Kier alpha value is -2.79. The van der Waals surface area contributed by atoms with Crippen LogP contribution in [-0.2, 0) is 6.18 Å². The maximum Gasteiger partial charge on any atom is 0.436 e. The number of anilines is 2. The first-order valence-corrected chi connectivity index (χ1v) is 9.01. The number of amides is 2. The van der Waals surface area contributed by atoms with Gasteiger partial charge in [-0.05, 0) is 19.1 Å². The molecule has 2 aromatic heterocycles. The lowest BCUT2D eigenvalue weighted by Crippen LogP contribution is -2.19. The Morgan fingerprint density at radius 2 is 2.11 bits per heavy atom. The Balaban J connectivity index is 1.83. The highest BCUT2D eigenvalue weighted by atomic mass is 35.5. The van der Waals surface area contributed by atoms with Crippen LogP contribution >= 0.6 is 22.9 Å². The number of aromatic nitrogens is 2. The number of thiazole rings is 1. The third-order valence-corrected chi connectivity index (χ3v) is 4.42. The standard InChI is InChI=1S/C16H12ClF3N4O3S/c1-2-26-11-5-8(14-21-3-4-28-14)10(6-9(11)17)22-15(25)23-13-7-12(24-27-13)16(18,19)20/h3-7H,2H2,1H3,(H2,22,23,25). The average Bonchev–Trinajstić information content (AvgIpc) is 3.28. The Bertz CT molecular complexity index is 976. The molecule has 0 radical (unpaired) electrons. The van der Waals surface area contributed by atoms with E-state index in [2.05, 4.69) is 25.3 Å². The van der Waals surface area contributed by atoms with Gasteiger partial charge in [-0.15, -0.1) is 11.3 Å². The van der Waals surface area contributed by atoms with Crippen LogP contribution < -0.4 is 15.4 Å². The van der Waals surface area contributed by atoms with Crippen molar-refractivity contribution < 1.29 is 27.2 Å². The topological polar surface area (TPSA) is 89.3 Å². The fourth-order valence-corrected chi connectivity index (χ4v) is 3.08. The number of hydrogen-bond acceptors (Lipinski definition) is 6. The molecule has 0 bridgehead atoms. The molecule has 0 saturated heterocycles. The molecular formula is C16H12ClF3N4O3S. The number of carbonyl (C=O) groups is 1. The lowest BCUT2D eigenvalue weighted by molar-refractivity contribution is -0.142. The molecule has 3 rings (SSSR count). The van der Waals surface area contributed by atoms with Crippen molar-refractivity contribution in [3.8, 4) is 16.3 Å². The van der Waals surface area contributed by atoms with Gasteiger partial charge in [0, 0.05) is 23.2 Å². The summed E-state index contributed by atoms with van der Waals surface area (Å²) in [4.78, 5) is 16.4. The number of rotatable bonds is 5. The van der Waals surface area contributed by atoms with Crippen molar-refractivity contribution in [3.05, 3.63) is 40.5 Å². The van der Waals surface area contributed by atoms with Crippen molar-refractivity contribution in [3.63, 3.8) is 0 Å². The minimum atomic E-state index is -4.68. The van der Waals surface area contributed by atoms with Crippen molar-refractivity contribution in [2.24, 2.45) is 0 Å². The van der Waals surface area contributed by atoms with E-state index in [1.807, 2.05) is 0 Å². The molecule has 0 aliphatic rings. The third-order valence-electron chi connectivity index (χ3n) is 3.32. The second kappa shape index (κ2) is 8.07. The van der Waals surface area contributed by atoms with Crippen molar-refractivity contribution in [1.82, 2.24) is 10.1 Å². The van der Waals surface area contributed by atoms with E-state index in [4.69, 9.17) is 16.3 Å². The molecule has 0 saturated carbocycles. The summed E-state index contributed by atoms with van der Waals surface area (Å²) in [6, 6.07) is 2.82. The molecule has 0 atom stereocenters. The predicted octanol–water partition coefficient (Wildman–Crippen LogP) is 5.51. The zero-order valence-corrected chi connectivity index (χ0v) is 15.7. The van der Waals surface area contributed by atoms with Crippen LogP contribution in [0.5, 0.6) is 5.75 Å². The second-order valence-electron chi connectivity index (χ2n) is 5.25. The molecule has 0 aliphatic carbocycles. The van der Waals surface area contributed by atoms with Crippen LogP contribution in [0.15, 0.2) is 34.3 Å². The maximum absolute atomic E-state index is 12.6. The number of carbonyl (C=O) groups excluding carboxylic acids is 1. The molecule has 1 aromatic carbocycles. The molecule has 28 heavy (non-hydrogen) atoms. The zero-order chi connectivity index (χ0) is 20.3. The summed E-state index contributed by atoms with van der Waals surface area (Å²) in [5.41, 5.74) is -0.432. The summed E-state index contributed by atoms with van der Waals surface area (Å²) in [6.07, 6.45) is -3.09. The van der Waals surface area contributed by atoms with E-state index in [0.717, 1.165) is 0 Å². The van der Waals surface area contributed by atoms with Crippen molar-refractivity contribution in [2.75, 3.05) is 17.2 Å². The van der Waals surface area contributed by atoms with Crippen LogP contribution in [0.2, 0.25) is 5.02 Å². The van der Waals surface area contributed by atoms with Gasteiger partial charge in [-0.2, -0.15) is 13.2 Å². The van der Waals surface area contributed by atoms with Gasteiger partial charge in [-0.25, -0.2) is 9.78 Å². The average molecular weight is 433 g/mol. The number of urea groups is 1.